The van der Waals surface area contributed by atoms with Crippen molar-refractivity contribution in [1.29, 1.82) is 0 Å². The van der Waals surface area contributed by atoms with Gasteiger partial charge >= 0.3 is 5.69 Å². The van der Waals surface area contributed by atoms with Crippen molar-refractivity contribution >= 4 is 38.4 Å². The molecule has 2 saturated carbocycles. The van der Waals surface area contributed by atoms with Crippen molar-refractivity contribution in [3.63, 3.8) is 0 Å². The third-order valence-electron chi connectivity index (χ3n) is 6.74. The number of nitrogens with zero attached hydrogens (tertiary/aromatic N) is 4. The Bertz CT molecular complexity index is 1750. The second-order valence-electron chi connectivity index (χ2n) is 10.0. The zero-order valence-corrected chi connectivity index (χ0v) is 22.1. The maximum atomic E-state index is 12.9. The van der Waals surface area contributed by atoms with Gasteiger partial charge in [0.2, 0.25) is 20.9 Å². The topological polar surface area (TPSA) is 142 Å². The van der Waals surface area contributed by atoms with Crippen LogP contribution in [0.2, 0.25) is 0 Å². The van der Waals surface area contributed by atoms with Gasteiger partial charge in [0.05, 0.1) is 6.54 Å². The first-order valence-corrected chi connectivity index (χ1v) is 14.2. The predicted octanol–water partition coefficient (Wildman–Crippen LogP) is 0.759. The van der Waals surface area contributed by atoms with Crippen LogP contribution in [0.5, 0.6) is 0 Å². The molecule has 5 rings (SSSR count). The second kappa shape index (κ2) is 9.40. The Labute approximate surface area is 218 Å². The van der Waals surface area contributed by atoms with Crippen LogP contribution in [0.25, 0.3) is 11.2 Å². The monoisotopic (exact) mass is 537 g/mol. The van der Waals surface area contributed by atoms with Gasteiger partial charge < -0.3 is 9.88 Å². The van der Waals surface area contributed by atoms with Crippen LogP contribution in [-0.4, -0.2) is 45.0 Å². The summed E-state index contributed by atoms with van der Waals surface area (Å²) in [6.45, 7) is -0.168. The lowest BCUT2D eigenvalue weighted by atomic mass is 10.0. The van der Waals surface area contributed by atoms with E-state index in [0.29, 0.717) is 11.3 Å². The molecule has 0 aliphatic heterocycles. The Morgan fingerprint density at radius 3 is 2.37 bits per heavy atom. The van der Waals surface area contributed by atoms with Crippen LogP contribution in [-0.2, 0) is 46.5 Å². The molecular weight excluding hydrogens is 510 g/mol. The standard InChI is InChI=1S/C26H27N5O6S/c1-29-21-22(28-25(29)38(3,36)37)31(26(35)30(2)24(21)34)10-4-5-15-11-16(14-20(32)17-6-7-17)13-19(12-15)27-23(33)18-8-9-18/h11-13,17-18H,6-10,14H2,1-3H3,(H,27,33). The van der Waals surface area contributed by atoms with E-state index in [2.05, 4.69) is 22.1 Å². The first-order chi connectivity index (χ1) is 17.9. The molecule has 1 aromatic carbocycles. The van der Waals surface area contributed by atoms with Gasteiger partial charge in [0, 0.05) is 49.9 Å². The first kappa shape index (κ1) is 25.7. The average molecular weight is 538 g/mol. The molecule has 0 saturated heterocycles. The number of ketones is 1. The van der Waals surface area contributed by atoms with E-state index < -0.39 is 21.1 Å². The summed E-state index contributed by atoms with van der Waals surface area (Å²) in [7, 11) is -1.06. The van der Waals surface area contributed by atoms with Crippen LogP contribution < -0.4 is 16.6 Å². The van der Waals surface area contributed by atoms with Crippen molar-refractivity contribution in [2.45, 2.75) is 43.8 Å². The number of fused-ring (bicyclic) bond motifs is 1. The number of sulfone groups is 1. The lowest BCUT2D eigenvalue weighted by Gasteiger charge is -2.09. The molecule has 2 aromatic heterocycles. The summed E-state index contributed by atoms with van der Waals surface area (Å²) >= 11 is 0. The summed E-state index contributed by atoms with van der Waals surface area (Å²) in [6, 6.07) is 5.27. The minimum Gasteiger partial charge on any atom is -0.326 e. The molecule has 1 amide bonds. The molecule has 2 heterocycles. The number of rotatable bonds is 7. The van der Waals surface area contributed by atoms with E-state index in [4.69, 9.17) is 0 Å². The maximum Gasteiger partial charge on any atom is 0.333 e. The van der Waals surface area contributed by atoms with Crippen LogP contribution in [0.3, 0.4) is 0 Å². The van der Waals surface area contributed by atoms with E-state index in [1.54, 1.807) is 18.2 Å². The molecule has 0 radical (unpaired) electrons. The van der Waals surface area contributed by atoms with Gasteiger partial charge in [-0.25, -0.2) is 13.2 Å². The number of imidazole rings is 1. The number of aromatic nitrogens is 4. The van der Waals surface area contributed by atoms with E-state index >= 15 is 0 Å². The SMILES string of the molecule is Cn1c(=O)c2c(nc(S(C)(=O)=O)n2C)n(CC#Cc2cc(CC(=O)C3CC3)cc(NC(=O)C3CC3)c2)c1=O. The van der Waals surface area contributed by atoms with E-state index in [1.807, 2.05) is 0 Å². The number of hydrogen-bond acceptors (Lipinski definition) is 7. The molecule has 3 aromatic rings. The number of nitrogens with one attached hydrogen (secondary N) is 1. The van der Waals surface area contributed by atoms with Crippen molar-refractivity contribution in [3.8, 4) is 11.8 Å². The van der Waals surface area contributed by atoms with E-state index in [9.17, 15) is 27.6 Å². The molecule has 11 nitrogen and oxygen atoms in total. The Morgan fingerprint density at radius 1 is 1.05 bits per heavy atom. The molecule has 2 aliphatic carbocycles. The number of amides is 1. The smallest absolute Gasteiger partial charge is 0.326 e. The quantitative estimate of drug-likeness (QED) is 0.439. The number of Topliss-reactive ketones (excluding diaryl/α,β-unsaturated/α-hetero) is 1. The molecule has 0 unspecified atom stereocenters. The lowest BCUT2D eigenvalue weighted by Crippen LogP contribution is -2.38. The minimum atomic E-state index is -3.76. The van der Waals surface area contributed by atoms with Crippen molar-refractivity contribution < 1.29 is 18.0 Å². The average Bonchev–Trinajstić information content (AvgIpc) is 3.75. The molecule has 2 fully saturated rings. The summed E-state index contributed by atoms with van der Waals surface area (Å²) in [6.07, 6.45) is 4.74. The van der Waals surface area contributed by atoms with Crippen molar-refractivity contribution in [1.82, 2.24) is 18.7 Å². The molecule has 0 atom stereocenters. The van der Waals surface area contributed by atoms with Crippen LogP contribution in [0.1, 0.15) is 36.8 Å². The van der Waals surface area contributed by atoms with Gasteiger partial charge in [0.1, 0.15) is 5.78 Å². The number of anilines is 1. The van der Waals surface area contributed by atoms with Crippen LogP contribution >= 0.6 is 0 Å². The highest BCUT2D eigenvalue weighted by molar-refractivity contribution is 7.90. The minimum absolute atomic E-state index is 0.00972. The molecule has 12 heteroatoms. The first-order valence-electron chi connectivity index (χ1n) is 12.3. The molecular formula is C26H27N5O6S. The number of carbonyl (C=O) groups excluding carboxylic acids is 2. The van der Waals surface area contributed by atoms with Crippen molar-refractivity contribution in [2.75, 3.05) is 11.6 Å². The molecule has 0 bridgehead atoms. The van der Waals surface area contributed by atoms with E-state index in [0.717, 1.165) is 51.2 Å². The lowest BCUT2D eigenvalue weighted by molar-refractivity contribution is -0.119. The highest BCUT2D eigenvalue weighted by atomic mass is 32.2. The van der Waals surface area contributed by atoms with Gasteiger partial charge in [0.15, 0.2) is 11.2 Å². The van der Waals surface area contributed by atoms with Crippen LogP contribution in [0.15, 0.2) is 32.9 Å². The van der Waals surface area contributed by atoms with Gasteiger partial charge in [-0.1, -0.05) is 11.8 Å². The fourth-order valence-electron chi connectivity index (χ4n) is 4.38. The second-order valence-corrected chi connectivity index (χ2v) is 11.9. The van der Waals surface area contributed by atoms with Crippen molar-refractivity contribution in [3.05, 3.63) is 50.2 Å². The molecule has 2 aliphatic rings. The van der Waals surface area contributed by atoms with Gasteiger partial charge in [-0.2, -0.15) is 4.98 Å². The largest absolute Gasteiger partial charge is 0.333 e. The maximum absolute atomic E-state index is 12.9. The summed E-state index contributed by atoms with van der Waals surface area (Å²) in [5.74, 6) is 6.08. The highest BCUT2D eigenvalue weighted by Crippen LogP contribution is 2.32. The fraction of sp³-hybridized carbons (Fsp3) is 0.423. The van der Waals surface area contributed by atoms with Crippen LogP contribution in [0.4, 0.5) is 5.69 Å². The Kier molecular flexibility index (Phi) is 6.35. The van der Waals surface area contributed by atoms with Crippen molar-refractivity contribution in [2.24, 2.45) is 25.9 Å². The van der Waals surface area contributed by atoms with Gasteiger partial charge in [-0.15, -0.1) is 0 Å². The summed E-state index contributed by atoms with van der Waals surface area (Å²) in [4.78, 5) is 54.4. The third kappa shape index (κ3) is 5.06. The molecule has 38 heavy (non-hydrogen) atoms. The zero-order chi connectivity index (χ0) is 27.4. The van der Waals surface area contributed by atoms with E-state index in [-0.39, 0.29) is 52.8 Å². The summed E-state index contributed by atoms with van der Waals surface area (Å²) in [5, 5.41) is 2.57. The number of aryl methyl sites for hydroxylation is 1. The third-order valence-corrected chi connectivity index (χ3v) is 7.77. The summed E-state index contributed by atoms with van der Waals surface area (Å²) in [5.41, 5.74) is 0.389. The van der Waals surface area contributed by atoms with Gasteiger partial charge in [-0.05, 0) is 49.4 Å². The fourth-order valence-corrected chi connectivity index (χ4v) is 5.22. The Hall–Kier alpha value is -3.98. The number of hydrogen-bond donors (Lipinski definition) is 1. The van der Waals surface area contributed by atoms with Crippen LogP contribution in [0, 0.1) is 23.7 Å². The Balaban J connectivity index is 1.51. The molecule has 0 spiro atoms. The van der Waals surface area contributed by atoms with Gasteiger partial charge in [0.25, 0.3) is 5.56 Å². The number of carbonyl (C=O) groups is 2. The highest BCUT2D eigenvalue weighted by Gasteiger charge is 2.31. The van der Waals surface area contributed by atoms with E-state index in [1.165, 1.54) is 14.1 Å². The number of benzene rings is 1. The Morgan fingerprint density at radius 2 is 1.74 bits per heavy atom. The molecule has 1 N–H and O–H groups in total. The predicted molar refractivity (Wildman–Crippen MR) is 139 cm³/mol. The normalized spacial score (nSPS) is 15.2. The zero-order valence-electron chi connectivity index (χ0n) is 21.3. The molecule has 198 valence electrons. The van der Waals surface area contributed by atoms with Gasteiger partial charge in [-0.3, -0.25) is 23.5 Å². The summed E-state index contributed by atoms with van der Waals surface area (Å²) < 4.78 is 27.5.